The van der Waals surface area contributed by atoms with Crippen molar-refractivity contribution in [3.63, 3.8) is 0 Å². The van der Waals surface area contributed by atoms with Gasteiger partial charge in [0.2, 0.25) is 0 Å². The molecule has 0 fully saturated rings. The second-order valence-corrected chi connectivity index (χ2v) is 6.80. The Morgan fingerprint density at radius 3 is 2.35 bits per heavy atom. The number of amides is 1. The van der Waals surface area contributed by atoms with Crippen molar-refractivity contribution in [3.05, 3.63) is 23.8 Å². The number of aromatic hydroxyl groups is 1. The molecule has 26 heavy (non-hydrogen) atoms. The van der Waals surface area contributed by atoms with Gasteiger partial charge >= 0.3 is 12.3 Å². The van der Waals surface area contributed by atoms with E-state index in [4.69, 9.17) is 17.0 Å². The van der Waals surface area contributed by atoms with Crippen LogP contribution in [0.15, 0.2) is 18.2 Å². The lowest BCUT2D eigenvalue weighted by Gasteiger charge is -2.19. The molecule has 0 aliphatic heterocycles. The fourth-order valence-electron chi connectivity index (χ4n) is 1.78. The SMILES string of the molecule is CC(C)(C)OC(=O)NCCCNC(=S)Nc1ccc(C(F)(F)F)cc1O. The molecule has 4 N–H and O–H groups in total. The first-order valence-electron chi connectivity index (χ1n) is 7.80. The van der Waals surface area contributed by atoms with Gasteiger partial charge < -0.3 is 25.8 Å². The second-order valence-electron chi connectivity index (χ2n) is 6.39. The number of alkyl halides is 3. The van der Waals surface area contributed by atoms with E-state index in [-0.39, 0.29) is 10.8 Å². The Bertz CT molecular complexity index is 646. The summed E-state index contributed by atoms with van der Waals surface area (Å²) in [5, 5.41) is 17.8. The maximum absolute atomic E-state index is 12.5. The number of hydrogen-bond acceptors (Lipinski definition) is 4. The third-order valence-corrected chi connectivity index (χ3v) is 3.13. The smallest absolute Gasteiger partial charge is 0.416 e. The lowest BCUT2D eigenvalue weighted by molar-refractivity contribution is -0.137. The van der Waals surface area contributed by atoms with E-state index >= 15 is 0 Å². The van der Waals surface area contributed by atoms with Gasteiger partial charge in [-0.25, -0.2) is 4.79 Å². The van der Waals surface area contributed by atoms with E-state index in [1.807, 2.05) is 0 Å². The molecule has 0 spiro atoms. The summed E-state index contributed by atoms with van der Waals surface area (Å²) in [6.07, 6.45) is -4.51. The first kappa shape index (κ1) is 21.8. The largest absolute Gasteiger partial charge is 0.506 e. The van der Waals surface area contributed by atoms with Crippen molar-refractivity contribution in [1.29, 1.82) is 0 Å². The average molecular weight is 393 g/mol. The van der Waals surface area contributed by atoms with E-state index in [1.165, 1.54) is 0 Å². The number of benzene rings is 1. The monoisotopic (exact) mass is 393 g/mol. The fraction of sp³-hybridized carbons (Fsp3) is 0.500. The molecule has 10 heteroatoms. The lowest BCUT2D eigenvalue weighted by atomic mass is 10.2. The Morgan fingerprint density at radius 2 is 1.81 bits per heavy atom. The molecule has 0 aliphatic carbocycles. The van der Waals surface area contributed by atoms with Gasteiger partial charge in [-0.2, -0.15) is 13.2 Å². The van der Waals surface area contributed by atoms with Gasteiger partial charge in [0.25, 0.3) is 0 Å². The highest BCUT2D eigenvalue weighted by atomic mass is 32.1. The summed E-state index contributed by atoms with van der Waals surface area (Å²) in [4.78, 5) is 11.4. The number of hydrogen-bond donors (Lipinski definition) is 4. The number of ether oxygens (including phenoxy) is 1. The number of nitrogens with one attached hydrogen (secondary N) is 3. The standard InChI is InChI=1S/C16H22F3N3O3S/c1-15(2,3)25-14(24)21-8-4-7-20-13(26)22-11-6-5-10(9-12(11)23)16(17,18)19/h5-6,9,23H,4,7-8H2,1-3H3,(H,21,24)(H2,20,22,26). The van der Waals surface area contributed by atoms with Crippen molar-refractivity contribution in [2.75, 3.05) is 18.4 Å². The van der Waals surface area contributed by atoms with E-state index in [9.17, 15) is 23.1 Å². The molecular formula is C16H22F3N3O3S. The third-order valence-electron chi connectivity index (χ3n) is 2.88. The highest BCUT2D eigenvalue weighted by Crippen LogP contribution is 2.34. The second kappa shape index (κ2) is 8.93. The van der Waals surface area contributed by atoms with Crippen LogP contribution >= 0.6 is 12.2 Å². The van der Waals surface area contributed by atoms with Gasteiger partial charge in [0.15, 0.2) is 5.11 Å². The highest BCUT2D eigenvalue weighted by Gasteiger charge is 2.31. The number of anilines is 1. The molecule has 1 rings (SSSR count). The average Bonchev–Trinajstić information content (AvgIpc) is 2.46. The molecule has 0 saturated heterocycles. The number of thiocarbonyl (C=S) groups is 1. The van der Waals surface area contributed by atoms with Crippen molar-refractivity contribution in [3.8, 4) is 5.75 Å². The maximum atomic E-state index is 12.5. The molecule has 0 aliphatic rings. The van der Waals surface area contributed by atoms with E-state index in [0.717, 1.165) is 12.1 Å². The van der Waals surface area contributed by atoms with E-state index in [0.29, 0.717) is 25.6 Å². The summed E-state index contributed by atoms with van der Waals surface area (Å²) in [7, 11) is 0. The quantitative estimate of drug-likeness (QED) is 0.348. The number of alkyl carbamates (subject to hydrolysis) is 1. The summed E-state index contributed by atoms with van der Waals surface area (Å²) < 4.78 is 42.7. The first-order chi connectivity index (χ1) is 11.9. The molecule has 0 bridgehead atoms. The predicted molar refractivity (Wildman–Crippen MR) is 96.2 cm³/mol. The molecule has 0 radical (unpaired) electrons. The zero-order valence-electron chi connectivity index (χ0n) is 14.7. The van der Waals surface area contributed by atoms with Gasteiger partial charge in [0.1, 0.15) is 11.4 Å². The van der Waals surface area contributed by atoms with Crippen LogP contribution < -0.4 is 16.0 Å². The minimum atomic E-state index is -4.53. The third kappa shape index (κ3) is 8.24. The molecule has 1 aromatic carbocycles. The maximum Gasteiger partial charge on any atom is 0.416 e. The van der Waals surface area contributed by atoms with Crippen LogP contribution in [0.2, 0.25) is 0 Å². The van der Waals surface area contributed by atoms with Crippen molar-refractivity contribution in [2.45, 2.75) is 39.0 Å². The Labute approximate surface area is 155 Å². The lowest BCUT2D eigenvalue weighted by Crippen LogP contribution is -2.35. The molecule has 146 valence electrons. The van der Waals surface area contributed by atoms with Crippen LogP contribution in [-0.4, -0.2) is 35.0 Å². The number of phenolic OH excluding ortho intramolecular Hbond substituents is 1. The topological polar surface area (TPSA) is 82.6 Å². The van der Waals surface area contributed by atoms with Crippen LogP contribution in [0.4, 0.5) is 23.7 Å². The molecule has 0 atom stereocenters. The number of phenols is 1. The Kier molecular flexibility index (Phi) is 7.49. The highest BCUT2D eigenvalue weighted by molar-refractivity contribution is 7.80. The summed E-state index contributed by atoms with van der Waals surface area (Å²) in [5.41, 5.74) is -1.47. The van der Waals surface area contributed by atoms with E-state index in [1.54, 1.807) is 20.8 Å². The molecule has 1 aromatic rings. The van der Waals surface area contributed by atoms with Crippen LogP contribution in [0.3, 0.4) is 0 Å². The summed E-state index contributed by atoms with van der Waals surface area (Å²) in [5.74, 6) is -0.560. The first-order valence-corrected chi connectivity index (χ1v) is 8.21. The van der Waals surface area contributed by atoms with Gasteiger partial charge in [-0.3, -0.25) is 0 Å². The zero-order chi connectivity index (χ0) is 20.0. The predicted octanol–water partition coefficient (Wildman–Crippen LogP) is 3.61. The Hall–Kier alpha value is -2.23. The molecular weight excluding hydrogens is 371 g/mol. The van der Waals surface area contributed by atoms with Crippen molar-refractivity contribution < 1.29 is 27.8 Å². The van der Waals surface area contributed by atoms with Crippen LogP contribution in [0.25, 0.3) is 0 Å². The Balaban J connectivity index is 2.34. The molecule has 6 nitrogen and oxygen atoms in total. The number of halogens is 3. The van der Waals surface area contributed by atoms with Crippen molar-refractivity contribution in [2.24, 2.45) is 0 Å². The molecule has 0 saturated carbocycles. The Morgan fingerprint density at radius 1 is 1.19 bits per heavy atom. The van der Waals surface area contributed by atoms with Gasteiger partial charge in [-0.05, 0) is 57.6 Å². The van der Waals surface area contributed by atoms with E-state index < -0.39 is 29.2 Å². The summed E-state index contributed by atoms with van der Waals surface area (Å²) >= 11 is 5.01. The van der Waals surface area contributed by atoms with Crippen LogP contribution in [0.5, 0.6) is 5.75 Å². The molecule has 0 aromatic heterocycles. The molecule has 1 amide bonds. The summed E-state index contributed by atoms with van der Waals surface area (Å²) in [6, 6.07) is 2.56. The normalized spacial score (nSPS) is 11.6. The molecule has 0 unspecified atom stereocenters. The fourth-order valence-corrected chi connectivity index (χ4v) is 1.99. The number of carbonyl (C=O) groups is 1. The van der Waals surface area contributed by atoms with Gasteiger partial charge in [-0.15, -0.1) is 0 Å². The minimum absolute atomic E-state index is 0.0578. The molecule has 0 heterocycles. The van der Waals surface area contributed by atoms with Gasteiger partial charge in [0, 0.05) is 13.1 Å². The van der Waals surface area contributed by atoms with Crippen LogP contribution in [0.1, 0.15) is 32.8 Å². The van der Waals surface area contributed by atoms with Crippen LogP contribution in [0, 0.1) is 0 Å². The van der Waals surface area contributed by atoms with Crippen LogP contribution in [-0.2, 0) is 10.9 Å². The number of carbonyl (C=O) groups excluding carboxylic acids is 1. The van der Waals surface area contributed by atoms with E-state index in [2.05, 4.69) is 16.0 Å². The van der Waals surface area contributed by atoms with Gasteiger partial charge in [-0.1, -0.05) is 0 Å². The van der Waals surface area contributed by atoms with Crippen molar-refractivity contribution >= 4 is 29.1 Å². The zero-order valence-corrected chi connectivity index (χ0v) is 15.5. The minimum Gasteiger partial charge on any atom is -0.506 e. The number of rotatable bonds is 5. The van der Waals surface area contributed by atoms with Gasteiger partial charge in [0.05, 0.1) is 11.3 Å². The summed E-state index contributed by atoms with van der Waals surface area (Å²) in [6.45, 7) is 6.04. The van der Waals surface area contributed by atoms with Crippen molar-refractivity contribution in [1.82, 2.24) is 10.6 Å².